The highest BCUT2D eigenvalue weighted by Gasteiger charge is 2.27. The Morgan fingerprint density at radius 2 is 2.00 bits per heavy atom. The zero-order valence-electron chi connectivity index (χ0n) is 12.2. The van der Waals surface area contributed by atoms with E-state index in [9.17, 15) is 14.7 Å². The number of carbonyl (C=O) groups is 2. The third-order valence-corrected chi connectivity index (χ3v) is 4.58. The molecule has 1 aromatic rings. The number of likely N-dealkylation sites (tertiary alicyclic amines) is 1. The fourth-order valence-corrected chi connectivity index (χ4v) is 2.93. The second-order valence-electron chi connectivity index (χ2n) is 5.46. The Balaban J connectivity index is 2.04. The lowest BCUT2D eigenvalue weighted by Gasteiger charge is -2.31. The molecule has 1 aliphatic heterocycles. The fourth-order valence-electron chi connectivity index (χ4n) is 2.44. The summed E-state index contributed by atoms with van der Waals surface area (Å²) < 4.78 is 0. The zero-order chi connectivity index (χ0) is 16.3. The van der Waals surface area contributed by atoms with Crippen molar-refractivity contribution in [3.8, 4) is 0 Å². The Morgan fingerprint density at radius 3 is 2.59 bits per heavy atom. The summed E-state index contributed by atoms with van der Waals surface area (Å²) >= 11 is 12.0. The summed E-state index contributed by atoms with van der Waals surface area (Å²) in [6.07, 6.45) is 1.65. The van der Waals surface area contributed by atoms with Gasteiger partial charge < -0.3 is 15.3 Å². The van der Waals surface area contributed by atoms with Crippen LogP contribution in [0.2, 0.25) is 10.0 Å². The monoisotopic (exact) mass is 344 g/mol. The maximum Gasteiger partial charge on any atom is 0.313 e. The Hall–Kier alpha value is -1.30. The highest BCUT2D eigenvalue weighted by atomic mass is 35.5. The van der Waals surface area contributed by atoms with E-state index in [4.69, 9.17) is 23.2 Å². The Labute approximate surface area is 139 Å². The number of aliphatic hydroxyl groups is 1. The van der Waals surface area contributed by atoms with Crippen LogP contribution < -0.4 is 5.32 Å². The second kappa shape index (κ2) is 7.31. The topological polar surface area (TPSA) is 69.6 Å². The summed E-state index contributed by atoms with van der Waals surface area (Å²) in [6, 6.07) is 3.11. The molecule has 7 heteroatoms. The van der Waals surface area contributed by atoms with Crippen molar-refractivity contribution in [3.63, 3.8) is 0 Å². The number of aliphatic hydroxyl groups excluding tert-OH is 1. The number of hydrogen-bond acceptors (Lipinski definition) is 3. The molecule has 0 aliphatic carbocycles. The van der Waals surface area contributed by atoms with Gasteiger partial charge >= 0.3 is 11.8 Å². The van der Waals surface area contributed by atoms with E-state index in [1.54, 1.807) is 19.1 Å². The third kappa shape index (κ3) is 3.91. The molecule has 1 heterocycles. The average Bonchev–Trinajstić information content (AvgIpc) is 2.51. The summed E-state index contributed by atoms with van der Waals surface area (Å²) in [6.45, 7) is 2.72. The van der Waals surface area contributed by atoms with Crippen LogP contribution in [0, 0.1) is 12.8 Å². The number of piperidine rings is 1. The molecule has 2 rings (SSSR count). The number of hydrogen-bond donors (Lipinski definition) is 2. The van der Waals surface area contributed by atoms with E-state index in [0.717, 1.165) is 18.4 Å². The summed E-state index contributed by atoms with van der Waals surface area (Å²) in [5, 5.41) is 12.6. The maximum absolute atomic E-state index is 12.2. The predicted octanol–water partition coefficient (Wildman–Crippen LogP) is 2.47. The SMILES string of the molecule is Cc1c(Cl)cc(NC(=O)C(=O)N2CCCC(CO)C2)cc1Cl. The van der Waals surface area contributed by atoms with Gasteiger partial charge in [0.05, 0.1) is 0 Å². The number of nitrogens with one attached hydrogen (secondary N) is 1. The highest BCUT2D eigenvalue weighted by molar-refractivity contribution is 6.40. The van der Waals surface area contributed by atoms with Gasteiger partial charge in [0, 0.05) is 35.4 Å². The first-order valence-corrected chi connectivity index (χ1v) is 7.84. The molecule has 1 unspecified atom stereocenters. The highest BCUT2D eigenvalue weighted by Crippen LogP contribution is 2.28. The van der Waals surface area contributed by atoms with E-state index in [1.165, 1.54) is 4.90 Å². The lowest BCUT2D eigenvalue weighted by molar-refractivity contribution is -0.144. The number of nitrogens with zero attached hydrogens (tertiary/aromatic N) is 1. The lowest BCUT2D eigenvalue weighted by atomic mass is 9.99. The lowest BCUT2D eigenvalue weighted by Crippen LogP contribution is -2.45. The Morgan fingerprint density at radius 1 is 1.36 bits per heavy atom. The minimum atomic E-state index is -0.727. The van der Waals surface area contributed by atoms with E-state index in [2.05, 4.69) is 5.32 Å². The van der Waals surface area contributed by atoms with Gasteiger partial charge in [-0.2, -0.15) is 0 Å². The average molecular weight is 345 g/mol. The normalized spacial score (nSPS) is 18.2. The van der Waals surface area contributed by atoms with Crippen LogP contribution in [0.1, 0.15) is 18.4 Å². The van der Waals surface area contributed by atoms with Crippen LogP contribution in [-0.2, 0) is 9.59 Å². The van der Waals surface area contributed by atoms with Gasteiger partial charge in [0.15, 0.2) is 0 Å². The number of rotatable bonds is 2. The largest absolute Gasteiger partial charge is 0.396 e. The molecule has 22 heavy (non-hydrogen) atoms. The molecular formula is C15H18Cl2N2O3. The molecule has 0 bridgehead atoms. The van der Waals surface area contributed by atoms with E-state index < -0.39 is 11.8 Å². The van der Waals surface area contributed by atoms with Crippen LogP contribution in [0.4, 0.5) is 5.69 Å². The van der Waals surface area contributed by atoms with Crippen LogP contribution in [0.5, 0.6) is 0 Å². The number of benzene rings is 1. The first-order chi connectivity index (χ1) is 10.4. The van der Waals surface area contributed by atoms with E-state index in [-0.39, 0.29) is 12.5 Å². The van der Waals surface area contributed by atoms with Crippen molar-refractivity contribution in [3.05, 3.63) is 27.7 Å². The van der Waals surface area contributed by atoms with Crippen LogP contribution in [-0.4, -0.2) is 41.5 Å². The quantitative estimate of drug-likeness (QED) is 0.809. The summed E-state index contributed by atoms with van der Waals surface area (Å²) in [5.74, 6) is -1.30. The van der Waals surface area contributed by atoms with E-state index >= 15 is 0 Å². The zero-order valence-corrected chi connectivity index (χ0v) is 13.7. The fraction of sp³-hybridized carbons (Fsp3) is 0.467. The molecule has 1 saturated heterocycles. The molecule has 1 fully saturated rings. The Bertz CT molecular complexity index is 569. The standard InChI is InChI=1S/C15H18Cl2N2O3/c1-9-12(16)5-11(6-13(9)17)18-14(21)15(22)19-4-2-3-10(7-19)8-20/h5-6,10,20H,2-4,7-8H2,1H3,(H,18,21). The molecule has 2 N–H and O–H groups in total. The predicted molar refractivity (Wildman–Crippen MR) is 86.2 cm³/mol. The minimum absolute atomic E-state index is 0.0224. The molecule has 0 spiro atoms. The van der Waals surface area contributed by atoms with Crippen molar-refractivity contribution in [1.29, 1.82) is 0 Å². The minimum Gasteiger partial charge on any atom is -0.396 e. The van der Waals surface area contributed by atoms with Crippen molar-refractivity contribution < 1.29 is 14.7 Å². The van der Waals surface area contributed by atoms with Gasteiger partial charge in [-0.1, -0.05) is 23.2 Å². The molecule has 120 valence electrons. The van der Waals surface area contributed by atoms with Crippen molar-refractivity contribution in [2.45, 2.75) is 19.8 Å². The van der Waals surface area contributed by atoms with Gasteiger partial charge in [-0.3, -0.25) is 9.59 Å². The molecule has 0 saturated carbocycles. The molecule has 5 nitrogen and oxygen atoms in total. The van der Waals surface area contributed by atoms with Gasteiger partial charge in [0.2, 0.25) is 0 Å². The van der Waals surface area contributed by atoms with Crippen molar-refractivity contribution in [2.75, 3.05) is 25.0 Å². The molecule has 1 aromatic carbocycles. The first kappa shape index (κ1) is 17.1. The first-order valence-electron chi connectivity index (χ1n) is 7.09. The molecule has 0 radical (unpaired) electrons. The van der Waals surface area contributed by atoms with Gasteiger partial charge in [0.1, 0.15) is 0 Å². The maximum atomic E-state index is 12.2. The molecule has 0 aromatic heterocycles. The van der Waals surface area contributed by atoms with Crippen LogP contribution >= 0.6 is 23.2 Å². The van der Waals surface area contributed by atoms with Crippen LogP contribution in [0.15, 0.2) is 12.1 Å². The summed E-state index contributed by atoms with van der Waals surface area (Å²) in [5.41, 5.74) is 1.10. The molecular weight excluding hydrogens is 327 g/mol. The molecule has 1 aliphatic rings. The van der Waals surface area contributed by atoms with E-state index in [1.807, 2.05) is 0 Å². The molecule has 2 amide bonds. The Kier molecular flexibility index (Phi) is 5.67. The number of anilines is 1. The van der Waals surface area contributed by atoms with Crippen LogP contribution in [0.25, 0.3) is 0 Å². The van der Waals surface area contributed by atoms with Crippen molar-refractivity contribution in [1.82, 2.24) is 4.90 Å². The second-order valence-corrected chi connectivity index (χ2v) is 6.28. The molecule has 1 atom stereocenters. The smallest absolute Gasteiger partial charge is 0.313 e. The summed E-state index contributed by atoms with van der Waals surface area (Å²) in [4.78, 5) is 25.7. The van der Waals surface area contributed by atoms with Crippen molar-refractivity contribution in [2.24, 2.45) is 5.92 Å². The van der Waals surface area contributed by atoms with Crippen LogP contribution in [0.3, 0.4) is 0 Å². The van der Waals surface area contributed by atoms with Gasteiger partial charge in [-0.05, 0) is 43.4 Å². The van der Waals surface area contributed by atoms with E-state index in [0.29, 0.717) is 28.8 Å². The van der Waals surface area contributed by atoms with Gasteiger partial charge in [-0.15, -0.1) is 0 Å². The van der Waals surface area contributed by atoms with Crippen molar-refractivity contribution >= 4 is 40.7 Å². The third-order valence-electron chi connectivity index (χ3n) is 3.80. The number of halogens is 2. The number of amides is 2. The summed E-state index contributed by atoms with van der Waals surface area (Å²) in [7, 11) is 0. The van der Waals surface area contributed by atoms with Gasteiger partial charge in [0.25, 0.3) is 0 Å². The number of carbonyl (C=O) groups excluding carboxylic acids is 2. The van der Waals surface area contributed by atoms with Gasteiger partial charge in [-0.25, -0.2) is 0 Å².